The fourth-order valence-electron chi connectivity index (χ4n) is 1.37. The van der Waals surface area contributed by atoms with Gasteiger partial charge in [-0.15, -0.1) is 0 Å². The van der Waals surface area contributed by atoms with E-state index in [0.29, 0.717) is 6.42 Å². The van der Waals surface area contributed by atoms with Gasteiger partial charge in [-0.1, -0.05) is 76.2 Å². The van der Waals surface area contributed by atoms with E-state index in [-0.39, 0.29) is 36.5 Å². The smallest absolute Gasteiger partial charge is 0.330 e. The molecule has 1 aromatic rings. The predicted octanol–water partition coefficient (Wildman–Crippen LogP) is 4.27. The number of aliphatic hydroxyl groups is 3. The van der Waals surface area contributed by atoms with Crippen LogP contribution in [-0.2, 0) is 14.4 Å². The van der Waals surface area contributed by atoms with Crippen LogP contribution in [0.3, 0.4) is 0 Å². The van der Waals surface area contributed by atoms with Crippen molar-refractivity contribution >= 4 is 30.1 Å². The van der Waals surface area contributed by atoms with Crippen molar-refractivity contribution in [2.24, 2.45) is 5.41 Å². The third-order valence-electron chi connectivity index (χ3n) is 4.29. The van der Waals surface area contributed by atoms with E-state index in [4.69, 9.17) is 30.6 Å². The van der Waals surface area contributed by atoms with Crippen molar-refractivity contribution in [1.82, 2.24) is 0 Å². The largest absolute Gasteiger partial charge is 0.478 e. The topological polar surface area (TPSA) is 173 Å². The summed E-state index contributed by atoms with van der Waals surface area (Å²) >= 11 is 0. The summed E-state index contributed by atoms with van der Waals surface area (Å²) in [7, 11) is 0. The Morgan fingerprint density at radius 1 is 0.703 bits per heavy atom. The zero-order valence-electron chi connectivity index (χ0n) is 22.2. The van der Waals surface area contributed by atoms with Gasteiger partial charge < -0.3 is 30.6 Å². The minimum atomic E-state index is -0.935. The molecule has 0 aliphatic heterocycles. The van der Waals surface area contributed by atoms with E-state index in [0.717, 1.165) is 11.1 Å². The highest BCUT2D eigenvalue weighted by atomic mass is 16.4. The second-order valence-electron chi connectivity index (χ2n) is 7.62. The van der Waals surface area contributed by atoms with Gasteiger partial charge in [0.2, 0.25) is 0 Å². The maximum atomic E-state index is 9.60. The Bertz CT molecular complexity index is 757. The maximum absolute atomic E-state index is 9.60. The van der Waals surface area contributed by atoms with Gasteiger partial charge in [-0.05, 0) is 38.3 Å². The number of carboxylic acids is 3. The van der Waals surface area contributed by atoms with Crippen LogP contribution in [0.25, 0.3) is 12.2 Å². The molecule has 0 radical (unpaired) electrons. The number of benzene rings is 1. The summed E-state index contributed by atoms with van der Waals surface area (Å²) in [6.07, 6.45) is 4.25. The van der Waals surface area contributed by atoms with E-state index in [1.54, 1.807) is 0 Å². The Kier molecular flexibility index (Phi) is 26.1. The van der Waals surface area contributed by atoms with E-state index in [9.17, 15) is 14.4 Å². The van der Waals surface area contributed by atoms with E-state index in [2.05, 4.69) is 32.9 Å². The average Bonchev–Trinajstić information content (AvgIpc) is 2.87. The Balaban J connectivity index is -0.000000188. The molecule has 0 bridgehead atoms. The minimum Gasteiger partial charge on any atom is -0.478 e. The Labute approximate surface area is 219 Å². The number of aliphatic hydroxyl groups excluding tert-OH is 3. The normalized spacial score (nSPS) is 8.95. The molecule has 9 nitrogen and oxygen atoms in total. The van der Waals surface area contributed by atoms with Gasteiger partial charge in [0.15, 0.2) is 0 Å². The highest BCUT2D eigenvalue weighted by Gasteiger charge is 2.24. The number of rotatable bonds is 9. The molecule has 0 saturated heterocycles. The van der Waals surface area contributed by atoms with Crippen molar-refractivity contribution < 1.29 is 45.0 Å². The molecule has 0 spiro atoms. The summed E-state index contributed by atoms with van der Waals surface area (Å²) < 4.78 is 0. The minimum absolute atomic E-state index is 0.156. The van der Waals surface area contributed by atoms with Gasteiger partial charge in [-0.25, -0.2) is 14.4 Å². The van der Waals surface area contributed by atoms with Crippen LogP contribution in [0.5, 0.6) is 0 Å². The summed E-state index contributed by atoms with van der Waals surface area (Å²) in [6.45, 7) is 22.5. The van der Waals surface area contributed by atoms with E-state index >= 15 is 0 Å². The first-order chi connectivity index (χ1) is 17.1. The van der Waals surface area contributed by atoms with Gasteiger partial charge >= 0.3 is 17.9 Å². The highest BCUT2D eigenvalue weighted by Crippen LogP contribution is 2.18. The zero-order valence-corrected chi connectivity index (χ0v) is 22.2. The lowest BCUT2D eigenvalue weighted by Gasteiger charge is -2.24. The molecule has 0 aliphatic rings. The predicted molar refractivity (Wildman–Crippen MR) is 148 cm³/mol. The number of carboxylic acid groups (broad SMARTS) is 3. The molecule has 0 amide bonds. The lowest BCUT2D eigenvalue weighted by Crippen LogP contribution is -2.32. The van der Waals surface area contributed by atoms with E-state index < -0.39 is 23.3 Å². The zero-order chi connectivity index (χ0) is 30.2. The third-order valence-corrected chi connectivity index (χ3v) is 4.29. The molecular weight excluding hydrogens is 480 g/mol. The van der Waals surface area contributed by atoms with Crippen molar-refractivity contribution in [3.63, 3.8) is 0 Å². The molecule has 0 unspecified atom stereocenters. The quantitative estimate of drug-likeness (QED) is 0.259. The summed E-state index contributed by atoms with van der Waals surface area (Å²) in [4.78, 5) is 28.8. The fraction of sp³-hybridized carbons (Fsp3) is 0.321. The van der Waals surface area contributed by atoms with Crippen molar-refractivity contribution in [1.29, 1.82) is 0 Å². The first-order valence-electron chi connectivity index (χ1n) is 10.9. The first-order valence-corrected chi connectivity index (χ1v) is 10.9. The molecular formula is C28H42O9. The molecule has 0 aromatic heterocycles. The van der Waals surface area contributed by atoms with Crippen LogP contribution in [0.2, 0.25) is 0 Å². The summed E-state index contributed by atoms with van der Waals surface area (Å²) in [6, 6.07) is 8.02. The van der Waals surface area contributed by atoms with Gasteiger partial charge in [-0.3, -0.25) is 0 Å². The summed E-state index contributed by atoms with van der Waals surface area (Å²) in [5.74, 6) is -2.81. The highest BCUT2D eigenvalue weighted by molar-refractivity contribution is 5.85. The molecule has 0 atom stereocenters. The Morgan fingerprint density at radius 3 is 1.00 bits per heavy atom. The van der Waals surface area contributed by atoms with Crippen LogP contribution < -0.4 is 0 Å². The monoisotopic (exact) mass is 522 g/mol. The van der Waals surface area contributed by atoms with E-state index in [1.807, 2.05) is 43.3 Å². The van der Waals surface area contributed by atoms with Crippen LogP contribution >= 0.6 is 0 Å². The molecule has 208 valence electrons. The van der Waals surface area contributed by atoms with Crippen LogP contribution in [-0.4, -0.2) is 68.4 Å². The standard InChI is InChI=1S/C10H10.C6H14O3.3C4H6O2/c1-3-9-7-5-6-8-10(9)4-2;1-2-6(3-7,4-8)5-9;3*1-3(2)4(5)6/h3-8H,1-2H2;7-9H,2-5H2,1H3;3*1H2,2H3,(H,5,6). The van der Waals surface area contributed by atoms with Crippen LogP contribution in [0.15, 0.2) is 73.9 Å². The van der Waals surface area contributed by atoms with Crippen molar-refractivity contribution in [2.75, 3.05) is 19.8 Å². The van der Waals surface area contributed by atoms with Gasteiger partial charge in [0.25, 0.3) is 0 Å². The third kappa shape index (κ3) is 23.7. The number of carbonyl (C=O) groups is 3. The lowest BCUT2D eigenvalue weighted by molar-refractivity contribution is -0.133. The number of aliphatic carboxylic acids is 3. The maximum Gasteiger partial charge on any atom is 0.330 e. The SMILES string of the molecule is C=C(C)C(=O)O.C=C(C)C(=O)O.C=C(C)C(=O)O.C=Cc1ccccc1C=C.CCC(CO)(CO)CO. The van der Waals surface area contributed by atoms with Crippen LogP contribution in [0.4, 0.5) is 0 Å². The molecule has 9 heteroatoms. The average molecular weight is 523 g/mol. The lowest BCUT2D eigenvalue weighted by atomic mass is 9.88. The molecule has 0 aliphatic carbocycles. The molecule has 0 heterocycles. The van der Waals surface area contributed by atoms with Crippen molar-refractivity contribution in [2.45, 2.75) is 34.1 Å². The summed E-state index contributed by atoms with van der Waals surface area (Å²) in [5, 5.41) is 49.6. The second-order valence-corrected chi connectivity index (χ2v) is 7.62. The fourth-order valence-corrected chi connectivity index (χ4v) is 1.37. The Morgan fingerprint density at radius 2 is 0.919 bits per heavy atom. The molecule has 0 fully saturated rings. The molecule has 37 heavy (non-hydrogen) atoms. The van der Waals surface area contributed by atoms with Crippen molar-refractivity contribution in [3.8, 4) is 0 Å². The van der Waals surface area contributed by atoms with Crippen molar-refractivity contribution in [3.05, 3.63) is 85.0 Å². The number of hydrogen-bond acceptors (Lipinski definition) is 6. The van der Waals surface area contributed by atoms with Gasteiger partial charge in [0.1, 0.15) is 0 Å². The summed E-state index contributed by atoms with van der Waals surface area (Å²) in [5.41, 5.74) is 2.13. The van der Waals surface area contributed by atoms with Gasteiger partial charge in [0.05, 0.1) is 19.8 Å². The molecule has 1 aromatic carbocycles. The van der Waals surface area contributed by atoms with Crippen LogP contribution in [0, 0.1) is 5.41 Å². The molecule has 1 rings (SSSR count). The number of hydrogen-bond donors (Lipinski definition) is 6. The first kappa shape index (κ1) is 40.4. The Hall–Kier alpha value is -3.79. The van der Waals surface area contributed by atoms with Crippen LogP contribution in [0.1, 0.15) is 45.2 Å². The molecule has 0 saturated carbocycles. The van der Waals surface area contributed by atoms with E-state index in [1.165, 1.54) is 20.8 Å². The second kappa shape index (κ2) is 23.9. The van der Waals surface area contributed by atoms with Gasteiger partial charge in [-0.2, -0.15) is 0 Å². The molecule has 6 N–H and O–H groups in total. The van der Waals surface area contributed by atoms with Gasteiger partial charge in [0, 0.05) is 22.1 Å².